The number of hydrogen-bond donors (Lipinski definition) is 1. The highest BCUT2D eigenvalue weighted by Crippen LogP contribution is 2.37. The molecule has 2 aromatic rings. The van der Waals surface area contributed by atoms with Crippen LogP contribution >= 0.6 is 11.6 Å². The maximum absolute atomic E-state index is 13.0. The Hall–Kier alpha value is -2.54. The van der Waals surface area contributed by atoms with E-state index in [9.17, 15) is 22.8 Å². The van der Waals surface area contributed by atoms with E-state index in [1.807, 2.05) is 19.1 Å². The van der Waals surface area contributed by atoms with Crippen LogP contribution in [-0.4, -0.2) is 18.4 Å². The van der Waals surface area contributed by atoms with Gasteiger partial charge in [0.25, 0.3) is 0 Å². The van der Waals surface area contributed by atoms with Gasteiger partial charge in [-0.25, -0.2) is 0 Å². The van der Waals surface area contributed by atoms with E-state index in [0.29, 0.717) is 5.69 Å². The molecule has 2 amide bonds. The number of nitrogens with zero attached hydrogens (tertiary/aromatic N) is 1. The molecule has 0 aromatic heterocycles. The summed E-state index contributed by atoms with van der Waals surface area (Å²) < 4.78 is 39.1. The molecule has 0 saturated heterocycles. The highest BCUT2D eigenvalue weighted by Gasteiger charge is 2.34. The summed E-state index contributed by atoms with van der Waals surface area (Å²) in [5, 5.41) is 2.27. The van der Waals surface area contributed by atoms with E-state index in [4.69, 9.17) is 11.6 Å². The molecule has 0 unspecified atom stereocenters. The predicted molar refractivity (Wildman–Crippen MR) is 98.9 cm³/mol. The summed E-state index contributed by atoms with van der Waals surface area (Å²) in [5.41, 5.74) is 0.518. The molecule has 0 aliphatic rings. The Morgan fingerprint density at radius 1 is 1.15 bits per heavy atom. The lowest BCUT2D eigenvalue weighted by Crippen LogP contribution is -2.32. The fourth-order valence-corrected chi connectivity index (χ4v) is 2.73. The molecule has 0 aliphatic heterocycles. The molecular weight excluding hydrogens is 381 g/mol. The molecule has 0 heterocycles. The molecule has 2 rings (SSSR count). The van der Waals surface area contributed by atoms with Crippen molar-refractivity contribution in [2.45, 2.75) is 26.4 Å². The third kappa shape index (κ3) is 5.47. The van der Waals surface area contributed by atoms with E-state index in [1.165, 1.54) is 13.0 Å². The van der Waals surface area contributed by atoms with Crippen LogP contribution in [0.4, 0.5) is 24.5 Å². The molecule has 1 N–H and O–H groups in total. The number of hydrogen-bond acceptors (Lipinski definition) is 2. The number of carbonyl (C=O) groups is 2. The molecule has 0 fully saturated rings. The van der Waals surface area contributed by atoms with Crippen molar-refractivity contribution in [3.05, 3.63) is 58.6 Å². The van der Waals surface area contributed by atoms with Crippen molar-refractivity contribution in [1.29, 1.82) is 0 Å². The molecule has 0 atom stereocenters. The molecule has 0 saturated carbocycles. The van der Waals surface area contributed by atoms with Crippen LogP contribution in [0.3, 0.4) is 0 Å². The summed E-state index contributed by atoms with van der Waals surface area (Å²) in [5.74, 6) is -0.824. The standard InChI is InChI=1S/C19H18ClF3N2O2/c1-12-5-3-4-6-17(12)24-18(27)9-10-25(13(2)26)14-7-8-16(20)15(11-14)19(21,22)23/h3-8,11H,9-10H2,1-2H3,(H,24,27). The Kier molecular flexibility index (Phi) is 6.49. The van der Waals surface area contributed by atoms with Gasteiger partial charge in [0.2, 0.25) is 11.8 Å². The first kappa shape index (κ1) is 20.8. The van der Waals surface area contributed by atoms with Gasteiger partial charge in [0.1, 0.15) is 0 Å². The minimum absolute atomic E-state index is 0.0305. The fourth-order valence-electron chi connectivity index (χ4n) is 2.51. The topological polar surface area (TPSA) is 49.4 Å². The van der Waals surface area contributed by atoms with Crippen LogP contribution in [0.2, 0.25) is 5.02 Å². The molecule has 0 radical (unpaired) electrons. The fraction of sp³-hybridized carbons (Fsp3) is 0.263. The molecule has 0 spiro atoms. The second-order valence-corrected chi connectivity index (χ2v) is 6.35. The summed E-state index contributed by atoms with van der Waals surface area (Å²) in [6.07, 6.45) is -4.71. The maximum atomic E-state index is 13.0. The van der Waals surface area contributed by atoms with E-state index in [1.54, 1.807) is 12.1 Å². The first-order valence-corrected chi connectivity index (χ1v) is 8.47. The normalized spacial score (nSPS) is 11.2. The summed E-state index contributed by atoms with van der Waals surface area (Å²) >= 11 is 5.61. The SMILES string of the molecule is CC(=O)N(CCC(=O)Nc1ccccc1C)c1ccc(Cl)c(C(F)(F)F)c1. The van der Waals surface area contributed by atoms with Crippen LogP contribution in [0.5, 0.6) is 0 Å². The third-order valence-corrected chi connectivity index (χ3v) is 4.26. The van der Waals surface area contributed by atoms with Gasteiger partial charge in [0.05, 0.1) is 10.6 Å². The number of para-hydroxylation sites is 1. The number of carbonyl (C=O) groups excluding carboxylic acids is 2. The lowest BCUT2D eigenvalue weighted by Gasteiger charge is -2.22. The van der Waals surface area contributed by atoms with Crippen molar-refractivity contribution in [1.82, 2.24) is 0 Å². The van der Waals surface area contributed by atoms with E-state index < -0.39 is 22.7 Å². The zero-order valence-electron chi connectivity index (χ0n) is 14.7. The monoisotopic (exact) mass is 398 g/mol. The van der Waals surface area contributed by atoms with Crippen molar-refractivity contribution < 1.29 is 22.8 Å². The zero-order chi connectivity index (χ0) is 20.2. The first-order chi connectivity index (χ1) is 12.6. The lowest BCUT2D eigenvalue weighted by atomic mass is 10.1. The Morgan fingerprint density at radius 3 is 2.41 bits per heavy atom. The molecule has 2 aromatic carbocycles. The second kappa shape index (κ2) is 8.43. The van der Waals surface area contributed by atoms with Gasteiger partial charge in [0.15, 0.2) is 0 Å². The van der Waals surface area contributed by atoms with E-state index in [0.717, 1.165) is 22.6 Å². The van der Waals surface area contributed by atoms with Crippen molar-refractivity contribution in [2.75, 3.05) is 16.8 Å². The summed E-state index contributed by atoms with van der Waals surface area (Å²) in [4.78, 5) is 25.2. The predicted octanol–water partition coefficient (Wildman–Crippen LogP) is 5.05. The van der Waals surface area contributed by atoms with Crippen molar-refractivity contribution >= 4 is 34.8 Å². The number of alkyl halides is 3. The summed E-state index contributed by atoms with van der Waals surface area (Å²) in [7, 11) is 0. The molecule has 0 aliphatic carbocycles. The van der Waals surface area contributed by atoms with Gasteiger partial charge in [-0.15, -0.1) is 0 Å². The number of rotatable bonds is 5. The van der Waals surface area contributed by atoms with Gasteiger partial charge in [-0.3, -0.25) is 9.59 Å². The van der Waals surface area contributed by atoms with Crippen LogP contribution in [0.1, 0.15) is 24.5 Å². The Balaban J connectivity index is 2.14. The summed E-state index contributed by atoms with van der Waals surface area (Å²) in [6.45, 7) is 3.00. The van der Waals surface area contributed by atoms with Gasteiger partial charge in [-0.1, -0.05) is 29.8 Å². The summed E-state index contributed by atoms with van der Waals surface area (Å²) in [6, 6.07) is 10.4. The van der Waals surface area contributed by atoms with E-state index in [-0.39, 0.29) is 24.6 Å². The lowest BCUT2D eigenvalue weighted by molar-refractivity contribution is -0.137. The average molecular weight is 399 g/mol. The van der Waals surface area contributed by atoms with Crippen LogP contribution in [0.25, 0.3) is 0 Å². The zero-order valence-corrected chi connectivity index (χ0v) is 15.5. The molecule has 8 heteroatoms. The maximum Gasteiger partial charge on any atom is 0.417 e. The average Bonchev–Trinajstić information content (AvgIpc) is 2.57. The van der Waals surface area contributed by atoms with E-state index >= 15 is 0 Å². The minimum Gasteiger partial charge on any atom is -0.326 e. The van der Waals surface area contributed by atoms with Gasteiger partial charge in [0, 0.05) is 31.3 Å². The Labute approximate surface area is 159 Å². The molecule has 144 valence electrons. The number of nitrogens with one attached hydrogen (secondary N) is 1. The van der Waals surface area contributed by atoms with Crippen molar-refractivity contribution in [3.63, 3.8) is 0 Å². The number of anilines is 2. The van der Waals surface area contributed by atoms with Gasteiger partial charge in [-0.05, 0) is 36.8 Å². The van der Waals surface area contributed by atoms with Gasteiger partial charge < -0.3 is 10.2 Å². The molecule has 27 heavy (non-hydrogen) atoms. The number of benzene rings is 2. The Morgan fingerprint density at radius 2 is 1.81 bits per heavy atom. The van der Waals surface area contributed by atoms with E-state index in [2.05, 4.69) is 5.32 Å². The van der Waals surface area contributed by atoms with Crippen LogP contribution < -0.4 is 10.2 Å². The van der Waals surface area contributed by atoms with Crippen LogP contribution in [-0.2, 0) is 15.8 Å². The van der Waals surface area contributed by atoms with Crippen molar-refractivity contribution in [3.8, 4) is 0 Å². The molecule has 0 bridgehead atoms. The minimum atomic E-state index is -4.64. The van der Waals surface area contributed by atoms with Crippen LogP contribution in [0.15, 0.2) is 42.5 Å². The Bertz CT molecular complexity index is 853. The quantitative estimate of drug-likeness (QED) is 0.766. The third-order valence-electron chi connectivity index (χ3n) is 3.93. The first-order valence-electron chi connectivity index (χ1n) is 8.10. The highest BCUT2D eigenvalue weighted by molar-refractivity contribution is 6.31. The second-order valence-electron chi connectivity index (χ2n) is 5.95. The number of amides is 2. The van der Waals surface area contributed by atoms with Crippen LogP contribution in [0, 0.1) is 6.92 Å². The smallest absolute Gasteiger partial charge is 0.326 e. The highest BCUT2D eigenvalue weighted by atomic mass is 35.5. The number of halogens is 4. The number of aryl methyl sites for hydroxylation is 1. The van der Waals surface area contributed by atoms with Crippen molar-refractivity contribution in [2.24, 2.45) is 0 Å². The largest absolute Gasteiger partial charge is 0.417 e. The molecule has 4 nitrogen and oxygen atoms in total. The molecular formula is C19H18ClF3N2O2. The van der Waals surface area contributed by atoms with Gasteiger partial charge >= 0.3 is 6.18 Å². The van der Waals surface area contributed by atoms with Gasteiger partial charge in [-0.2, -0.15) is 13.2 Å².